The van der Waals surface area contributed by atoms with E-state index in [0.29, 0.717) is 12.2 Å². The third-order valence-corrected chi connectivity index (χ3v) is 4.79. The number of carbonyl (C=O) groups excluding carboxylic acids is 1. The van der Waals surface area contributed by atoms with Crippen molar-refractivity contribution in [1.82, 2.24) is 20.0 Å². The van der Waals surface area contributed by atoms with Crippen LogP contribution in [0.25, 0.3) is 5.69 Å². The van der Waals surface area contributed by atoms with Gasteiger partial charge in [0, 0.05) is 18.3 Å². The Morgan fingerprint density at radius 1 is 1.22 bits per heavy atom. The molecule has 1 fully saturated rings. The first-order valence-electron chi connectivity index (χ1n) is 9.42. The summed E-state index contributed by atoms with van der Waals surface area (Å²) in [6.07, 6.45) is 4.57. The zero-order chi connectivity index (χ0) is 19.2. The molecule has 1 aromatic carbocycles. The van der Waals surface area contributed by atoms with E-state index >= 15 is 0 Å². The molecule has 144 valence electrons. The van der Waals surface area contributed by atoms with Crippen molar-refractivity contribution in [2.24, 2.45) is 0 Å². The minimum atomic E-state index is -0.524. The van der Waals surface area contributed by atoms with Gasteiger partial charge in [0.25, 0.3) is 5.91 Å². The summed E-state index contributed by atoms with van der Waals surface area (Å²) in [5.74, 6) is -0.992. The molecule has 1 saturated heterocycles. The van der Waals surface area contributed by atoms with E-state index < -0.39 is 17.2 Å². The van der Waals surface area contributed by atoms with Crippen molar-refractivity contribution < 1.29 is 9.18 Å². The Bertz CT molecular complexity index is 859. The Morgan fingerprint density at radius 2 is 1.96 bits per heavy atom. The first kappa shape index (κ1) is 19.2. The number of benzene rings is 1. The fourth-order valence-corrected chi connectivity index (χ4v) is 3.34. The summed E-state index contributed by atoms with van der Waals surface area (Å²) in [4.78, 5) is 27.0. The molecule has 0 spiro atoms. The lowest BCUT2D eigenvalue weighted by molar-refractivity contribution is 0.0943. The second-order valence-electron chi connectivity index (χ2n) is 6.87. The van der Waals surface area contributed by atoms with Crippen LogP contribution < -0.4 is 10.7 Å². The van der Waals surface area contributed by atoms with Crippen molar-refractivity contribution in [2.45, 2.75) is 32.6 Å². The average molecular weight is 372 g/mol. The van der Waals surface area contributed by atoms with E-state index in [1.54, 1.807) is 25.1 Å². The van der Waals surface area contributed by atoms with Crippen LogP contribution >= 0.6 is 0 Å². The van der Waals surface area contributed by atoms with Crippen LogP contribution in [0.3, 0.4) is 0 Å². The number of para-hydroxylation sites is 1. The maximum Gasteiger partial charge on any atom is 0.275 e. The highest BCUT2D eigenvalue weighted by Gasteiger charge is 2.16. The van der Waals surface area contributed by atoms with E-state index in [4.69, 9.17) is 0 Å². The van der Waals surface area contributed by atoms with Crippen LogP contribution in [0.1, 0.15) is 41.9 Å². The van der Waals surface area contributed by atoms with E-state index in [9.17, 15) is 14.0 Å². The molecule has 1 aromatic heterocycles. The molecule has 1 aliphatic heterocycles. The van der Waals surface area contributed by atoms with Crippen molar-refractivity contribution in [3.8, 4) is 5.69 Å². The van der Waals surface area contributed by atoms with Gasteiger partial charge >= 0.3 is 0 Å². The van der Waals surface area contributed by atoms with Gasteiger partial charge in [0.1, 0.15) is 11.5 Å². The third kappa shape index (κ3) is 4.80. The number of piperidine rings is 1. The van der Waals surface area contributed by atoms with Crippen LogP contribution in [0.5, 0.6) is 0 Å². The third-order valence-electron chi connectivity index (χ3n) is 4.79. The predicted octanol–water partition coefficient (Wildman–Crippen LogP) is 2.29. The van der Waals surface area contributed by atoms with Gasteiger partial charge in [-0.2, -0.15) is 5.10 Å². The van der Waals surface area contributed by atoms with Crippen molar-refractivity contribution in [1.29, 1.82) is 0 Å². The maximum absolute atomic E-state index is 14.1. The molecule has 27 heavy (non-hydrogen) atoms. The van der Waals surface area contributed by atoms with Crippen LogP contribution in [0, 0.1) is 12.7 Å². The number of nitrogens with one attached hydrogen (secondary N) is 1. The first-order chi connectivity index (χ1) is 13.1. The SMILES string of the molecule is Cc1cc(=O)c(C(=O)NCCCN2CCCCC2)nn1-c1ccccc1F. The lowest BCUT2D eigenvalue weighted by Crippen LogP contribution is -2.35. The summed E-state index contributed by atoms with van der Waals surface area (Å²) < 4.78 is 15.4. The molecular weight excluding hydrogens is 347 g/mol. The van der Waals surface area contributed by atoms with Gasteiger partial charge in [-0.1, -0.05) is 18.6 Å². The van der Waals surface area contributed by atoms with E-state index in [-0.39, 0.29) is 11.4 Å². The number of nitrogens with zero attached hydrogens (tertiary/aromatic N) is 3. The van der Waals surface area contributed by atoms with Crippen LogP contribution in [-0.2, 0) is 0 Å². The maximum atomic E-state index is 14.1. The molecule has 0 bridgehead atoms. The summed E-state index contributed by atoms with van der Waals surface area (Å²) in [5.41, 5.74) is -0.0173. The van der Waals surface area contributed by atoms with Gasteiger partial charge < -0.3 is 10.2 Å². The number of hydrogen-bond acceptors (Lipinski definition) is 4. The zero-order valence-corrected chi connectivity index (χ0v) is 15.6. The van der Waals surface area contributed by atoms with Crippen molar-refractivity contribution in [3.05, 3.63) is 57.8 Å². The standard InChI is InChI=1S/C20H25FN4O2/c1-15-14-18(26)19(23-25(15)17-9-4-3-8-16(17)21)20(27)22-10-7-13-24-11-5-2-6-12-24/h3-4,8-9,14H,2,5-7,10-13H2,1H3,(H,22,27). The molecule has 6 nitrogen and oxygen atoms in total. The molecule has 0 saturated carbocycles. The summed E-state index contributed by atoms with van der Waals surface area (Å²) in [7, 11) is 0. The highest BCUT2D eigenvalue weighted by atomic mass is 19.1. The summed E-state index contributed by atoms with van der Waals surface area (Å²) in [6.45, 7) is 5.29. The van der Waals surface area contributed by atoms with Crippen LogP contribution in [0.15, 0.2) is 35.1 Å². The fourth-order valence-electron chi connectivity index (χ4n) is 3.34. The summed E-state index contributed by atoms with van der Waals surface area (Å²) >= 11 is 0. The van der Waals surface area contributed by atoms with Gasteiger partial charge in [0.2, 0.25) is 5.43 Å². The van der Waals surface area contributed by atoms with Crippen molar-refractivity contribution >= 4 is 5.91 Å². The minimum Gasteiger partial charge on any atom is -0.350 e. The second-order valence-corrected chi connectivity index (χ2v) is 6.87. The molecule has 1 amide bonds. The molecule has 1 N–H and O–H groups in total. The van der Waals surface area contributed by atoms with E-state index in [0.717, 1.165) is 26.1 Å². The highest BCUT2D eigenvalue weighted by Crippen LogP contribution is 2.13. The van der Waals surface area contributed by atoms with Gasteiger partial charge in [-0.15, -0.1) is 0 Å². The summed E-state index contributed by atoms with van der Waals surface area (Å²) in [6, 6.07) is 7.43. The molecule has 0 atom stereocenters. The monoisotopic (exact) mass is 372 g/mol. The lowest BCUT2D eigenvalue weighted by atomic mass is 10.1. The number of halogens is 1. The number of hydrogen-bond donors (Lipinski definition) is 1. The molecule has 0 radical (unpaired) electrons. The molecule has 0 aliphatic carbocycles. The Hall–Kier alpha value is -2.54. The Labute approximate surface area is 158 Å². The topological polar surface area (TPSA) is 67.2 Å². The highest BCUT2D eigenvalue weighted by molar-refractivity contribution is 5.92. The Balaban J connectivity index is 1.66. The first-order valence-corrected chi connectivity index (χ1v) is 9.42. The summed E-state index contributed by atoms with van der Waals surface area (Å²) in [5, 5.41) is 6.87. The Kier molecular flexibility index (Phi) is 6.34. The minimum absolute atomic E-state index is 0.203. The molecular formula is C20H25FN4O2. The number of likely N-dealkylation sites (tertiary alicyclic amines) is 1. The molecule has 2 heterocycles. The van der Waals surface area contributed by atoms with Gasteiger partial charge in [-0.25, -0.2) is 9.07 Å². The van der Waals surface area contributed by atoms with Crippen LogP contribution in [0.4, 0.5) is 4.39 Å². The van der Waals surface area contributed by atoms with E-state index in [2.05, 4.69) is 15.3 Å². The van der Waals surface area contributed by atoms with E-state index in [1.165, 1.54) is 36.1 Å². The van der Waals surface area contributed by atoms with Crippen LogP contribution in [-0.4, -0.2) is 46.8 Å². The number of rotatable bonds is 6. The quantitative estimate of drug-likeness (QED) is 0.790. The lowest BCUT2D eigenvalue weighted by Gasteiger charge is -2.26. The smallest absolute Gasteiger partial charge is 0.275 e. The number of amides is 1. The van der Waals surface area contributed by atoms with Gasteiger partial charge in [0.15, 0.2) is 5.69 Å². The van der Waals surface area contributed by atoms with Crippen molar-refractivity contribution in [2.75, 3.05) is 26.2 Å². The molecule has 0 unspecified atom stereocenters. The molecule has 3 rings (SSSR count). The van der Waals surface area contributed by atoms with Crippen LogP contribution in [0.2, 0.25) is 0 Å². The normalized spacial score (nSPS) is 14.9. The number of aryl methyl sites for hydroxylation is 1. The average Bonchev–Trinajstić information content (AvgIpc) is 2.67. The molecule has 2 aromatic rings. The predicted molar refractivity (Wildman–Crippen MR) is 102 cm³/mol. The van der Waals surface area contributed by atoms with E-state index in [1.807, 2.05) is 0 Å². The van der Waals surface area contributed by atoms with Gasteiger partial charge in [-0.05, 0) is 58.0 Å². The zero-order valence-electron chi connectivity index (χ0n) is 15.6. The van der Waals surface area contributed by atoms with Crippen molar-refractivity contribution in [3.63, 3.8) is 0 Å². The Morgan fingerprint density at radius 3 is 2.70 bits per heavy atom. The number of carbonyl (C=O) groups is 1. The van der Waals surface area contributed by atoms with Gasteiger partial charge in [-0.3, -0.25) is 9.59 Å². The largest absolute Gasteiger partial charge is 0.350 e. The second kappa shape index (κ2) is 8.90. The molecule has 1 aliphatic rings. The molecule has 7 heteroatoms. The van der Waals surface area contributed by atoms with Gasteiger partial charge in [0.05, 0.1) is 0 Å². The fraction of sp³-hybridized carbons (Fsp3) is 0.450. The number of aromatic nitrogens is 2.